The van der Waals surface area contributed by atoms with Gasteiger partial charge in [0.2, 0.25) is 12.7 Å². The highest BCUT2D eigenvalue weighted by Crippen LogP contribution is 2.50. The van der Waals surface area contributed by atoms with E-state index in [0.717, 1.165) is 23.5 Å². The summed E-state index contributed by atoms with van der Waals surface area (Å²) < 4.78 is 29.2. The maximum Gasteiger partial charge on any atom is 0.260 e. The second-order valence-electron chi connectivity index (χ2n) is 8.01. The summed E-state index contributed by atoms with van der Waals surface area (Å²) in [6, 6.07) is 11.4. The van der Waals surface area contributed by atoms with E-state index in [9.17, 15) is 14.0 Å². The number of ether oxygens (including phenoxy) is 3. The molecule has 1 saturated heterocycles. The van der Waals surface area contributed by atoms with Gasteiger partial charge in [0, 0.05) is 32.1 Å². The van der Waals surface area contributed by atoms with E-state index in [1.807, 2.05) is 23.1 Å². The third kappa shape index (κ3) is 4.15. The van der Waals surface area contributed by atoms with Crippen molar-refractivity contribution < 1.29 is 28.2 Å². The molecule has 0 aromatic heterocycles. The molecule has 2 fully saturated rings. The summed E-state index contributed by atoms with van der Waals surface area (Å²) in [7, 11) is 0. The van der Waals surface area contributed by atoms with Gasteiger partial charge in [-0.25, -0.2) is 4.39 Å². The molecule has 1 aliphatic carbocycles. The van der Waals surface area contributed by atoms with Crippen LogP contribution >= 0.6 is 0 Å². The van der Waals surface area contributed by atoms with Crippen LogP contribution in [0.2, 0.25) is 0 Å². The van der Waals surface area contributed by atoms with Crippen molar-refractivity contribution in [2.24, 2.45) is 5.92 Å². The van der Waals surface area contributed by atoms with Crippen LogP contribution in [0, 0.1) is 11.7 Å². The van der Waals surface area contributed by atoms with Crippen molar-refractivity contribution in [1.29, 1.82) is 0 Å². The first kappa shape index (κ1) is 19.7. The number of amides is 2. The molecule has 2 unspecified atom stereocenters. The number of benzene rings is 2. The second kappa shape index (κ2) is 8.09. The fourth-order valence-electron chi connectivity index (χ4n) is 4.16. The Balaban J connectivity index is 1.09. The number of hydrogen-bond donors (Lipinski definition) is 0. The highest BCUT2D eigenvalue weighted by molar-refractivity contribution is 5.84. The Labute approximate surface area is 179 Å². The zero-order valence-corrected chi connectivity index (χ0v) is 17.0. The average Bonchev–Trinajstić information content (AvgIpc) is 3.47. The van der Waals surface area contributed by atoms with E-state index in [2.05, 4.69) is 0 Å². The Bertz CT molecular complexity index is 988. The minimum atomic E-state index is -0.351. The number of carbonyl (C=O) groups excluding carboxylic acids is 2. The molecule has 8 heteroatoms. The van der Waals surface area contributed by atoms with Gasteiger partial charge in [0.25, 0.3) is 5.91 Å². The quantitative estimate of drug-likeness (QED) is 0.735. The lowest BCUT2D eigenvalue weighted by atomic mass is 10.1. The third-order valence-corrected chi connectivity index (χ3v) is 6.05. The zero-order valence-electron chi connectivity index (χ0n) is 17.0. The molecule has 5 rings (SSSR count). The van der Waals surface area contributed by atoms with Crippen molar-refractivity contribution in [3.63, 3.8) is 0 Å². The number of carbonyl (C=O) groups is 2. The fourth-order valence-corrected chi connectivity index (χ4v) is 4.16. The molecule has 1 saturated carbocycles. The molecule has 2 atom stereocenters. The van der Waals surface area contributed by atoms with Gasteiger partial charge < -0.3 is 24.0 Å². The molecule has 2 aromatic rings. The summed E-state index contributed by atoms with van der Waals surface area (Å²) in [5.74, 6) is 1.80. The van der Waals surface area contributed by atoms with Crippen LogP contribution in [-0.4, -0.2) is 61.2 Å². The van der Waals surface area contributed by atoms with Gasteiger partial charge in [-0.05, 0) is 54.3 Å². The van der Waals surface area contributed by atoms with E-state index < -0.39 is 0 Å². The van der Waals surface area contributed by atoms with Gasteiger partial charge in [-0.2, -0.15) is 0 Å². The van der Waals surface area contributed by atoms with Crippen molar-refractivity contribution in [2.75, 3.05) is 39.6 Å². The normalized spacial score (nSPS) is 21.7. The van der Waals surface area contributed by atoms with E-state index in [1.165, 1.54) is 24.3 Å². The van der Waals surface area contributed by atoms with Crippen molar-refractivity contribution in [3.8, 4) is 17.2 Å². The molecule has 2 amide bonds. The lowest BCUT2D eigenvalue weighted by Gasteiger charge is -2.35. The molecular weight excluding hydrogens is 403 g/mol. The second-order valence-corrected chi connectivity index (χ2v) is 8.01. The molecule has 3 aliphatic rings. The minimum Gasteiger partial charge on any atom is -0.484 e. The molecule has 0 bridgehead atoms. The molecule has 2 aromatic carbocycles. The van der Waals surface area contributed by atoms with Crippen molar-refractivity contribution in [3.05, 3.63) is 53.8 Å². The van der Waals surface area contributed by atoms with Gasteiger partial charge >= 0.3 is 0 Å². The van der Waals surface area contributed by atoms with E-state index in [4.69, 9.17) is 14.2 Å². The minimum absolute atomic E-state index is 0.00978. The van der Waals surface area contributed by atoms with Crippen molar-refractivity contribution in [1.82, 2.24) is 9.80 Å². The standard InChI is InChI=1S/C23H23FN2O5/c24-16-2-4-17(5-3-16)29-13-22(27)25-7-9-26(10-8-25)23(28)19-12-18(19)15-1-6-20-21(11-15)31-14-30-20/h1-6,11,18-19H,7-10,12-14H2. The van der Waals surface area contributed by atoms with E-state index in [1.54, 1.807) is 4.90 Å². The number of nitrogens with zero attached hydrogens (tertiary/aromatic N) is 2. The van der Waals surface area contributed by atoms with Crippen LogP contribution in [0.3, 0.4) is 0 Å². The maximum atomic E-state index is 12.9. The molecule has 0 N–H and O–H groups in total. The molecule has 162 valence electrons. The molecular formula is C23H23FN2O5. The Morgan fingerprint density at radius 3 is 2.45 bits per heavy atom. The third-order valence-electron chi connectivity index (χ3n) is 6.05. The Morgan fingerprint density at radius 1 is 0.968 bits per heavy atom. The summed E-state index contributed by atoms with van der Waals surface area (Å²) in [6.45, 7) is 2.15. The summed E-state index contributed by atoms with van der Waals surface area (Å²) in [5.41, 5.74) is 1.11. The van der Waals surface area contributed by atoms with Gasteiger partial charge in [-0.15, -0.1) is 0 Å². The Hall–Kier alpha value is -3.29. The topological polar surface area (TPSA) is 68.3 Å². The summed E-state index contributed by atoms with van der Waals surface area (Å²) >= 11 is 0. The maximum absolute atomic E-state index is 12.9. The number of fused-ring (bicyclic) bond motifs is 1. The van der Waals surface area contributed by atoms with E-state index >= 15 is 0 Å². The van der Waals surface area contributed by atoms with Gasteiger partial charge in [0.15, 0.2) is 18.1 Å². The summed E-state index contributed by atoms with van der Waals surface area (Å²) in [4.78, 5) is 28.8. The molecule has 0 spiro atoms. The monoisotopic (exact) mass is 426 g/mol. The number of hydrogen-bond acceptors (Lipinski definition) is 5. The van der Waals surface area contributed by atoms with Crippen LogP contribution in [0.5, 0.6) is 17.2 Å². The van der Waals surface area contributed by atoms with Crippen LogP contribution in [0.15, 0.2) is 42.5 Å². The van der Waals surface area contributed by atoms with Crippen molar-refractivity contribution in [2.45, 2.75) is 12.3 Å². The predicted molar refractivity (Wildman–Crippen MR) is 108 cm³/mol. The summed E-state index contributed by atoms with van der Waals surface area (Å²) in [6.07, 6.45) is 0.836. The fraction of sp³-hybridized carbons (Fsp3) is 0.391. The Kier molecular flexibility index (Phi) is 5.13. The van der Waals surface area contributed by atoms with Crippen molar-refractivity contribution >= 4 is 11.8 Å². The lowest BCUT2D eigenvalue weighted by molar-refractivity contribution is -0.141. The number of piperazine rings is 1. The van der Waals surface area contributed by atoms with Crippen LogP contribution < -0.4 is 14.2 Å². The van der Waals surface area contributed by atoms with Gasteiger partial charge in [-0.1, -0.05) is 6.07 Å². The van der Waals surface area contributed by atoms with Gasteiger partial charge in [0.1, 0.15) is 11.6 Å². The van der Waals surface area contributed by atoms with E-state index in [-0.39, 0.29) is 42.9 Å². The summed E-state index contributed by atoms with van der Waals surface area (Å²) in [5, 5.41) is 0. The van der Waals surface area contributed by atoms with Gasteiger partial charge in [0.05, 0.1) is 0 Å². The first-order valence-electron chi connectivity index (χ1n) is 10.4. The average molecular weight is 426 g/mol. The smallest absolute Gasteiger partial charge is 0.260 e. The first-order chi connectivity index (χ1) is 15.1. The SMILES string of the molecule is O=C(COc1ccc(F)cc1)N1CCN(C(=O)C2CC2c2ccc3c(c2)OCO3)CC1. The van der Waals surface area contributed by atoms with Crippen LogP contribution in [0.4, 0.5) is 4.39 Å². The van der Waals surface area contributed by atoms with Gasteiger partial charge in [-0.3, -0.25) is 9.59 Å². The zero-order chi connectivity index (χ0) is 21.4. The number of halogens is 1. The lowest BCUT2D eigenvalue weighted by Crippen LogP contribution is -2.52. The molecule has 2 aliphatic heterocycles. The number of rotatable bonds is 5. The van der Waals surface area contributed by atoms with Crippen LogP contribution in [0.1, 0.15) is 17.9 Å². The first-order valence-corrected chi connectivity index (χ1v) is 10.4. The van der Waals surface area contributed by atoms with E-state index in [0.29, 0.717) is 31.9 Å². The highest BCUT2D eigenvalue weighted by Gasteiger charge is 2.46. The molecule has 31 heavy (non-hydrogen) atoms. The molecule has 7 nitrogen and oxygen atoms in total. The largest absolute Gasteiger partial charge is 0.484 e. The van der Waals surface area contributed by atoms with Crippen LogP contribution in [0.25, 0.3) is 0 Å². The predicted octanol–water partition coefficient (Wildman–Crippen LogP) is 2.41. The van der Waals surface area contributed by atoms with Crippen LogP contribution in [-0.2, 0) is 9.59 Å². The highest BCUT2D eigenvalue weighted by atomic mass is 19.1. The molecule has 2 heterocycles. The Morgan fingerprint density at radius 2 is 1.68 bits per heavy atom. The molecule has 0 radical (unpaired) electrons.